The molecule has 1 aliphatic rings. The van der Waals surface area contributed by atoms with E-state index in [9.17, 15) is 18.8 Å². The average Bonchev–Trinajstić information content (AvgIpc) is 3.19. The molecule has 0 bridgehead atoms. The smallest absolute Gasteiger partial charge is 0.305 e. The highest BCUT2D eigenvalue weighted by Crippen LogP contribution is 2.42. The summed E-state index contributed by atoms with van der Waals surface area (Å²) in [5.41, 5.74) is 0.838. The molecule has 2 amide bonds. The molecular weight excluding hydrogens is 375 g/mol. The summed E-state index contributed by atoms with van der Waals surface area (Å²) >= 11 is 0. The molecule has 0 radical (unpaired) electrons. The molecule has 29 heavy (non-hydrogen) atoms. The lowest BCUT2D eigenvalue weighted by atomic mass is 9.78. The zero-order valence-electron chi connectivity index (χ0n) is 15.9. The Hall–Kier alpha value is -3.22. The third-order valence-electron chi connectivity index (χ3n) is 5.30. The lowest BCUT2D eigenvalue weighted by Crippen LogP contribution is -2.38. The fourth-order valence-corrected chi connectivity index (χ4v) is 3.75. The number of nitrogens with one attached hydrogen (secondary N) is 2. The third kappa shape index (κ3) is 4.80. The molecule has 0 spiro atoms. The summed E-state index contributed by atoms with van der Waals surface area (Å²) < 4.78 is 13.7. The Labute approximate surface area is 168 Å². The van der Waals surface area contributed by atoms with Crippen molar-refractivity contribution in [1.29, 1.82) is 0 Å². The maximum Gasteiger partial charge on any atom is 0.305 e. The largest absolute Gasteiger partial charge is 0.481 e. The number of rotatable bonds is 7. The van der Waals surface area contributed by atoms with Crippen LogP contribution in [0.25, 0.3) is 0 Å². The standard InChI is InChI=1S/C22H23FN2O4/c23-17-5-3-4-16(14-17)22(11-1-2-12-22)21(29)25-18-8-6-15(7-9-18)20(28)24-13-10-19(26)27/h3-9,14H,1-2,10-13H2,(H,24,28)(H,25,29)(H,26,27). The van der Waals surface area contributed by atoms with Gasteiger partial charge in [0.2, 0.25) is 5.91 Å². The molecule has 3 rings (SSSR count). The number of benzene rings is 2. The van der Waals surface area contributed by atoms with Crippen molar-refractivity contribution >= 4 is 23.5 Å². The van der Waals surface area contributed by atoms with Crippen LogP contribution in [-0.2, 0) is 15.0 Å². The van der Waals surface area contributed by atoms with Gasteiger partial charge in [-0.1, -0.05) is 25.0 Å². The van der Waals surface area contributed by atoms with Crippen molar-refractivity contribution in [2.24, 2.45) is 0 Å². The van der Waals surface area contributed by atoms with Gasteiger partial charge in [-0.05, 0) is 54.8 Å². The Balaban J connectivity index is 1.69. The van der Waals surface area contributed by atoms with Gasteiger partial charge in [0.15, 0.2) is 0 Å². The first kappa shape index (κ1) is 20.5. The highest BCUT2D eigenvalue weighted by Gasteiger charge is 2.42. The Bertz CT molecular complexity index is 905. The van der Waals surface area contributed by atoms with Crippen molar-refractivity contribution in [3.8, 4) is 0 Å². The van der Waals surface area contributed by atoms with Gasteiger partial charge >= 0.3 is 5.97 Å². The lowest BCUT2D eigenvalue weighted by Gasteiger charge is -2.28. The highest BCUT2D eigenvalue weighted by molar-refractivity contribution is 6.00. The second-order valence-corrected chi connectivity index (χ2v) is 7.23. The van der Waals surface area contributed by atoms with Gasteiger partial charge in [0.25, 0.3) is 5.91 Å². The van der Waals surface area contributed by atoms with E-state index in [1.165, 1.54) is 12.1 Å². The Morgan fingerprint density at radius 2 is 1.72 bits per heavy atom. The van der Waals surface area contributed by atoms with Crippen molar-refractivity contribution in [2.75, 3.05) is 11.9 Å². The van der Waals surface area contributed by atoms with Crippen LogP contribution in [-0.4, -0.2) is 29.4 Å². The number of aliphatic carboxylic acids is 1. The van der Waals surface area contributed by atoms with Crippen molar-refractivity contribution < 1.29 is 23.9 Å². The molecule has 0 atom stereocenters. The minimum Gasteiger partial charge on any atom is -0.481 e. The van der Waals surface area contributed by atoms with Gasteiger partial charge in [-0.15, -0.1) is 0 Å². The van der Waals surface area contributed by atoms with Crippen LogP contribution in [0.4, 0.5) is 10.1 Å². The fourth-order valence-electron chi connectivity index (χ4n) is 3.75. The maximum atomic E-state index is 13.7. The summed E-state index contributed by atoms with van der Waals surface area (Å²) in [5, 5.41) is 14.0. The SMILES string of the molecule is O=C(O)CCNC(=O)c1ccc(NC(=O)C2(c3cccc(F)c3)CCCC2)cc1. The second kappa shape index (κ2) is 8.86. The van der Waals surface area contributed by atoms with Crippen LogP contribution in [0.2, 0.25) is 0 Å². The number of carboxylic acid groups (broad SMARTS) is 1. The minimum atomic E-state index is -0.984. The number of amides is 2. The topological polar surface area (TPSA) is 95.5 Å². The van der Waals surface area contributed by atoms with Gasteiger partial charge in [-0.2, -0.15) is 0 Å². The maximum absolute atomic E-state index is 13.7. The molecule has 6 nitrogen and oxygen atoms in total. The predicted octanol–water partition coefficient (Wildman–Crippen LogP) is 3.48. The van der Waals surface area contributed by atoms with Crippen LogP contribution in [0.1, 0.15) is 48.0 Å². The number of hydrogen-bond donors (Lipinski definition) is 3. The molecule has 1 aliphatic carbocycles. The number of carbonyl (C=O) groups excluding carboxylic acids is 2. The van der Waals surface area contributed by atoms with E-state index in [1.807, 2.05) is 0 Å². The number of hydrogen-bond acceptors (Lipinski definition) is 3. The van der Waals surface area contributed by atoms with E-state index in [4.69, 9.17) is 5.11 Å². The molecule has 1 fully saturated rings. The van der Waals surface area contributed by atoms with E-state index in [-0.39, 0.29) is 30.6 Å². The monoisotopic (exact) mass is 398 g/mol. The van der Waals surface area contributed by atoms with Crippen LogP contribution >= 0.6 is 0 Å². The molecule has 7 heteroatoms. The zero-order chi connectivity index (χ0) is 20.9. The molecule has 2 aromatic carbocycles. The summed E-state index contributed by atoms with van der Waals surface area (Å²) in [6.07, 6.45) is 2.97. The molecule has 0 aliphatic heterocycles. The van der Waals surface area contributed by atoms with Crippen molar-refractivity contribution in [1.82, 2.24) is 5.32 Å². The number of anilines is 1. The second-order valence-electron chi connectivity index (χ2n) is 7.23. The summed E-state index contributed by atoms with van der Waals surface area (Å²) in [5.74, 6) is -1.90. The van der Waals surface area contributed by atoms with Gasteiger partial charge in [-0.3, -0.25) is 14.4 Å². The van der Waals surface area contributed by atoms with Gasteiger partial charge in [0.1, 0.15) is 5.82 Å². The van der Waals surface area contributed by atoms with Gasteiger partial charge < -0.3 is 15.7 Å². The first-order chi connectivity index (χ1) is 13.9. The lowest BCUT2D eigenvalue weighted by molar-refractivity contribution is -0.136. The van der Waals surface area contributed by atoms with Crippen LogP contribution in [0.15, 0.2) is 48.5 Å². The Kier molecular flexibility index (Phi) is 6.26. The molecule has 3 N–H and O–H groups in total. The Morgan fingerprint density at radius 3 is 2.34 bits per heavy atom. The number of carboxylic acids is 1. The van der Waals surface area contributed by atoms with Crippen LogP contribution in [0.3, 0.4) is 0 Å². The number of halogens is 1. The van der Waals surface area contributed by atoms with E-state index in [0.717, 1.165) is 12.8 Å². The quantitative estimate of drug-likeness (QED) is 0.665. The van der Waals surface area contributed by atoms with E-state index in [1.54, 1.807) is 36.4 Å². The van der Waals surface area contributed by atoms with E-state index >= 15 is 0 Å². The molecule has 0 aromatic heterocycles. The molecule has 0 heterocycles. The third-order valence-corrected chi connectivity index (χ3v) is 5.30. The van der Waals surface area contributed by atoms with Crippen LogP contribution in [0.5, 0.6) is 0 Å². The van der Waals surface area contributed by atoms with Crippen molar-refractivity contribution in [3.05, 3.63) is 65.5 Å². The summed E-state index contributed by atoms with van der Waals surface area (Å²) in [7, 11) is 0. The zero-order valence-corrected chi connectivity index (χ0v) is 15.9. The van der Waals surface area contributed by atoms with E-state index in [0.29, 0.717) is 29.7 Å². The molecule has 0 saturated heterocycles. The summed E-state index contributed by atoms with van der Waals surface area (Å²) in [6, 6.07) is 12.6. The predicted molar refractivity (Wildman–Crippen MR) is 106 cm³/mol. The average molecular weight is 398 g/mol. The normalized spacial score (nSPS) is 14.9. The van der Waals surface area contributed by atoms with E-state index < -0.39 is 11.4 Å². The van der Waals surface area contributed by atoms with Crippen molar-refractivity contribution in [2.45, 2.75) is 37.5 Å². The summed E-state index contributed by atoms with van der Waals surface area (Å²) in [4.78, 5) is 35.6. The molecular formula is C22H23FN2O4. The molecule has 152 valence electrons. The molecule has 0 unspecified atom stereocenters. The number of carbonyl (C=O) groups is 3. The highest BCUT2D eigenvalue weighted by atomic mass is 19.1. The van der Waals surface area contributed by atoms with Crippen LogP contribution < -0.4 is 10.6 Å². The summed E-state index contributed by atoms with van der Waals surface area (Å²) in [6.45, 7) is 0.0445. The van der Waals surface area contributed by atoms with Crippen molar-refractivity contribution in [3.63, 3.8) is 0 Å². The van der Waals surface area contributed by atoms with Gasteiger partial charge in [0.05, 0.1) is 11.8 Å². The fraction of sp³-hybridized carbons (Fsp3) is 0.318. The Morgan fingerprint density at radius 1 is 1.03 bits per heavy atom. The van der Waals surface area contributed by atoms with Gasteiger partial charge in [0, 0.05) is 17.8 Å². The van der Waals surface area contributed by atoms with Crippen LogP contribution in [0, 0.1) is 5.82 Å². The first-order valence-electron chi connectivity index (χ1n) is 9.58. The van der Waals surface area contributed by atoms with Gasteiger partial charge in [-0.25, -0.2) is 4.39 Å². The first-order valence-corrected chi connectivity index (χ1v) is 9.58. The van der Waals surface area contributed by atoms with E-state index in [2.05, 4.69) is 10.6 Å². The minimum absolute atomic E-state index is 0.0445. The molecule has 1 saturated carbocycles. The molecule has 2 aromatic rings.